The summed E-state index contributed by atoms with van der Waals surface area (Å²) in [5.74, 6) is 0.0246. The lowest BCUT2D eigenvalue weighted by Crippen LogP contribution is -2.12. The van der Waals surface area contributed by atoms with E-state index in [0.717, 1.165) is 11.3 Å². The van der Waals surface area contributed by atoms with Crippen LogP contribution in [0.15, 0.2) is 23.2 Å². The molecule has 3 N–H and O–H groups in total. The number of amidine groups is 1. The Morgan fingerprint density at radius 3 is 3.00 bits per heavy atom. The Labute approximate surface area is 88.6 Å². The lowest BCUT2D eigenvalue weighted by Gasteiger charge is -2.08. The third-order valence-corrected chi connectivity index (χ3v) is 3.18. The van der Waals surface area contributed by atoms with Crippen LogP contribution in [0.4, 0.5) is 0 Å². The molecule has 0 saturated heterocycles. The molecule has 14 heavy (non-hydrogen) atoms. The zero-order valence-electron chi connectivity index (χ0n) is 8.45. The van der Waals surface area contributed by atoms with Gasteiger partial charge in [-0.25, -0.2) is 0 Å². The number of hydrogen-bond acceptors (Lipinski definition) is 3. The van der Waals surface area contributed by atoms with Crippen LogP contribution in [-0.4, -0.2) is 16.1 Å². The standard InChI is InChI=1S/C10H15N3S/c1-3-7(2)14-8-4-5-13-9(6-8)10(11)12/h4-7H,3H2,1-2H3,(H3,11,12). The van der Waals surface area contributed by atoms with Crippen LogP contribution in [0.3, 0.4) is 0 Å². The van der Waals surface area contributed by atoms with E-state index in [1.54, 1.807) is 18.0 Å². The quantitative estimate of drug-likeness (QED) is 0.454. The molecule has 0 radical (unpaired) electrons. The van der Waals surface area contributed by atoms with E-state index in [1.165, 1.54) is 0 Å². The molecule has 0 aliphatic heterocycles. The predicted octanol–water partition coefficient (Wildman–Crippen LogP) is 2.26. The Balaban J connectivity index is 2.78. The largest absolute Gasteiger partial charge is 0.382 e. The summed E-state index contributed by atoms with van der Waals surface area (Å²) in [5.41, 5.74) is 5.91. The van der Waals surface area contributed by atoms with Crippen molar-refractivity contribution in [3.63, 3.8) is 0 Å². The number of rotatable bonds is 4. The van der Waals surface area contributed by atoms with E-state index in [4.69, 9.17) is 11.1 Å². The van der Waals surface area contributed by atoms with Crippen molar-refractivity contribution in [3.8, 4) is 0 Å². The predicted molar refractivity (Wildman–Crippen MR) is 60.9 cm³/mol. The van der Waals surface area contributed by atoms with Crippen LogP contribution in [0.5, 0.6) is 0 Å². The second kappa shape index (κ2) is 5.00. The van der Waals surface area contributed by atoms with Crippen LogP contribution in [0, 0.1) is 5.41 Å². The normalized spacial score (nSPS) is 12.4. The topological polar surface area (TPSA) is 62.8 Å². The first kappa shape index (κ1) is 11.0. The molecule has 3 nitrogen and oxygen atoms in total. The molecule has 1 aromatic rings. The highest BCUT2D eigenvalue weighted by atomic mass is 32.2. The van der Waals surface area contributed by atoms with E-state index < -0.39 is 0 Å². The van der Waals surface area contributed by atoms with E-state index in [-0.39, 0.29) is 5.84 Å². The van der Waals surface area contributed by atoms with Gasteiger partial charge in [-0.05, 0) is 18.6 Å². The third-order valence-electron chi connectivity index (χ3n) is 1.92. The zero-order valence-corrected chi connectivity index (χ0v) is 9.27. The Hall–Kier alpha value is -1.03. The number of thioether (sulfide) groups is 1. The van der Waals surface area contributed by atoms with Crippen LogP contribution >= 0.6 is 11.8 Å². The van der Waals surface area contributed by atoms with Crippen LogP contribution in [0.25, 0.3) is 0 Å². The molecule has 0 aromatic carbocycles. The highest BCUT2D eigenvalue weighted by molar-refractivity contribution is 7.99. The van der Waals surface area contributed by atoms with Gasteiger partial charge in [0, 0.05) is 16.3 Å². The maximum absolute atomic E-state index is 7.27. The van der Waals surface area contributed by atoms with E-state index in [2.05, 4.69) is 18.8 Å². The molecule has 0 saturated carbocycles. The molecule has 0 spiro atoms. The number of nitrogens with zero attached hydrogens (tertiary/aromatic N) is 1. The molecular weight excluding hydrogens is 194 g/mol. The first-order valence-corrected chi connectivity index (χ1v) is 5.48. The summed E-state index contributed by atoms with van der Waals surface area (Å²) in [6.07, 6.45) is 2.82. The second-order valence-electron chi connectivity index (χ2n) is 3.13. The number of nitrogens with two attached hydrogens (primary N) is 1. The lowest BCUT2D eigenvalue weighted by atomic mass is 10.3. The molecule has 1 atom stereocenters. The minimum absolute atomic E-state index is 0.0246. The highest BCUT2D eigenvalue weighted by Crippen LogP contribution is 2.24. The molecular formula is C10H15N3S. The van der Waals surface area contributed by atoms with Crippen molar-refractivity contribution in [2.75, 3.05) is 0 Å². The Kier molecular flexibility index (Phi) is 3.95. The fourth-order valence-corrected chi connectivity index (χ4v) is 1.90. The zero-order chi connectivity index (χ0) is 10.6. The van der Waals surface area contributed by atoms with E-state index in [1.807, 2.05) is 12.1 Å². The first-order valence-electron chi connectivity index (χ1n) is 4.60. The highest BCUT2D eigenvalue weighted by Gasteiger charge is 2.04. The molecule has 0 fully saturated rings. The average Bonchev–Trinajstić information content (AvgIpc) is 2.18. The van der Waals surface area contributed by atoms with Gasteiger partial charge in [0.15, 0.2) is 0 Å². The maximum atomic E-state index is 7.27. The SMILES string of the molecule is CCC(C)Sc1ccnc(C(=N)N)c1. The van der Waals surface area contributed by atoms with Crippen LogP contribution < -0.4 is 5.73 Å². The Morgan fingerprint density at radius 1 is 1.71 bits per heavy atom. The van der Waals surface area contributed by atoms with Crippen molar-refractivity contribution in [3.05, 3.63) is 24.0 Å². The van der Waals surface area contributed by atoms with Crippen molar-refractivity contribution in [2.24, 2.45) is 5.73 Å². The Bertz CT molecular complexity index is 325. The number of aromatic nitrogens is 1. The smallest absolute Gasteiger partial charge is 0.141 e. The minimum Gasteiger partial charge on any atom is -0.382 e. The van der Waals surface area contributed by atoms with Crippen molar-refractivity contribution in [1.82, 2.24) is 4.98 Å². The van der Waals surface area contributed by atoms with Gasteiger partial charge in [0.25, 0.3) is 0 Å². The van der Waals surface area contributed by atoms with Crippen molar-refractivity contribution >= 4 is 17.6 Å². The summed E-state index contributed by atoms with van der Waals surface area (Å²) in [7, 11) is 0. The van der Waals surface area contributed by atoms with Gasteiger partial charge in [0.1, 0.15) is 11.5 Å². The van der Waals surface area contributed by atoms with E-state index in [9.17, 15) is 0 Å². The van der Waals surface area contributed by atoms with Crippen molar-refractivity contribution in [2.45, 2.75) is 30.4 Å². The molecule has 1 unspecified atom stereocenters. The number of nitrogens with one attached hydrogen (secondary N) is 1. The summed E-state index contributed by atoms with van der Waals surface area (Å²) >= 11 is 1.78. The van der Waals surface area contributed by atoms with Gasteiger partial charge in [0.2, 0.25) is 0 Å². The summed E-state index contributed by atoms with van der Waals surface area (Å²) < 4.78 is 0. The van der Waals surface area contributed by atoms with Crippen LogP contribution in [0.1, 0.15) is 26.0 Å². The number of nitrogen functional groups attached to an aromatic ring is 1. The molecule has 0 aliphatic carbocycles. The monoisotopic (exact) mass is 209 g/mol. The second-order valence-corrected chi connectivity index (χ2v) is 4.64. The fourth-order valence-electron chi connectivity index (χ4n) is 0.947. The van der Waals surface area contributed by atoms with E-state index in [0.29, 0.717) is 10.9 Å². The molecule has 1 aromatic heterocycles. The van der Waals surface area contributed by atoms with Gasteiger partial charge in [-0.2, -0.15) is 0 Å². The molecule has 0 aliphatic rings. The average molecular weight is 209 g/mol. The van der Waals surface area contributed by atoms with Gasteiger partial charge < -0.3 is 5.73 Å². The number of hydrogen-bond donors (Lipinski definition) is 2. The molecule has 4 heteroatoms. The van der Waals surface area contributed by atoms with Gasteiger partial charge >= 0.3 is 0 Å². The lowest BCUT2D eigenvalue weighted by molar-refractivity contribution is 0.905. The molecule has 1 heterocycles. The summed E-state index contributed by atoms with van der Waals surface area (Å²) in [4.78, 5) is 5.13. The summed E-state index contributed by atoms with van der Waals surface area (Å²) in [6.45, 7) is 4.34. The molecule has 0 bridgehead atoms. The minimum atomic E-state index is 0.0246. The van der Waals surface area contributed by atoms with Crippen LogP contribution in [-0.2, 0) is 0 Å². The summed E-state index contributed by atoms with van der Waals surface area (Å²) in [6, 6.07) is 3.81. The van der Waals surface area contributed by atoms with Crippen LogP contribution in [0.2, 0.25) is 0 Å². The molecule has 76 valence electrons. The third kappa shape index (κ3) is 3.03. The Morgan fingerprint density at radius 2 is 2.43 bits per heavy atom. The molecule has 0 amide bonds. The maximum Gasteiger partial charge on any atom is 0.141 e. The van der Waals surface area contributed by atoms with E-state index >= 15 is 0 Å². The van der Waals surface area contributed by atoms with Crippen molar-refractivity contribution < 1.29 is 0 Å². The van der Waals surface area contributed by atoms with Gasteiger partial charge in [-0.1, -0.05) is 13.8 Å². The van der Waals surface area contributed by atoms with Gasteiger partial charge in [-0.15, -0.1) is 11.8 Å². The van der Waals surface area contributed by atoms with Gasteiger partial charge in [0.05, 0.1) is 0 Å². The summed E-state index contributed by atoms with van der Waals surface area (Å²) in [5, 5.41) is 7.85. The molecule has 1 rings (SSSR count). The first-order chi connectivity index (χ1) is 6.63. The number of pyridine rings is 1. The van der Waals surface area contributed by atoms with Gasteiger partial charge in [-0.3, -0.25) is 10.4 Å². The fraction of sp³-hybridized carbons (Fsp3) is 0.400. The van der Waals surface area contributed by atoms with Crippen molar-refractivity contribution in [1.29, 1.82) is 5.41 Å².